The number of anilines is 3. The van der Waals surface area contributed by atoms with Crippen molar-refractivity contribution >= 4 is 35.1 Å². The number of amides is 1. The van der Waals surface area contributed by atoms with E-state index >= 15 is 0 Å². The van der Waals surface area contributed by atoms with Gasteiger partial charge >= 0.3 is 6.09 Å². The smallest absolute Gasteiger partial charge is 0.407 e. The molecule has 0 unspecified atom stereocenters. The number of aromatic nitrogens is 2. The molecule has 1 aromatic heterocycles. The van der Waals surface area contributed by atoms with Crippen LogP contribution in [0.25, 0.3) is 0 Å². The number of carbonyl (C=O) groups is 1. The number of alkyl carbamates (subject to hydrolysis) is 1. The lowest BCUT2D eigenvalue weighted by Gasteiger charge is -2.33. The average molecular weight is 503 g/mol. The van der Waals surface area contributed by atoms with Gasteiger partial charge in [0.25, 0.3) is 0 Å². The fourth-order valence-corrected chi connectivity index (χ4v) is 4.02. The Balaban J connectivity index is 1.84. The maximum atomic E-state index is 12.3. The van der Waals surface area contributed by atoms with Crippen LogP contribution in [0.1, 0.15) is 52.0 Å². The van der Waals surface area contributed by atoms with E-state index in [-0.39, 0.29) is 34.6 Å². The van der Waals surface area contributed by atoms with Gasteiger partial charge in [-0.25, -0.2) is 4.79 Å². The second-order valence-corrected chi connectivity index (χ2v) is 9.55. The van der Waals surface area contributed by atoms with Crippen molar-refractivity contribution in [3.8, 4) is 17.6 Å². The molecular weight excluding hydrogens is 472 g/mol. The summed E-state index contributed by atoms with van der Waals surface area (Å²) in [7, 11) is 3.10. The van der Waals surface area contributed by atoms with E-state index in [9.17, 15) is 10.1 Å². The van der Waals surface area contributed by atoms with Gasteiger partial charge in [0, 0.05) is 29.9 Å². The van der Waals surface area contributed by atoms with Crippen LogP contribution in [-0.4, -0.2) is 48.0 Å². The molecule has 1 aliphatic carbocycles. The molecule has 0 spiro atoms. The summed E-state index contributed by atoms with van der Waals surface area (Å²) in [6, 6.07) is 6.96. The van der Waals surface area contributed by atoms with E-state index in [1.165, 1.54) is 0 Å². The van der Waals surface area contributed by atoms with Crippen LogP contribution < -0.4 is 25.4 Å². The van der Waals surface area contributed by atoms with Gasteiger partial charge < -0.3 is 30.2 Å². The zero-order valence-corrected chi connectivity index (χ0v) is 21.3. The minimum Gasteiger partial charge on any atom is -0.497 e. The third-order valence-corrected chi connectivity index (χ3v) is 5.65. The van der Waals surface area contributed by atoms with Crippen molar-refractivity contribution in [2.24, 2.45) is 0 Å². The Morgan fingerprint density at radius 2 is 1.71 bits per heavy atom. The summed E-state index contributed by atoms with van der Waals surface area (Å²) in [5, 5.41) is 19.0. The van der Waals surface area contributed by atoms with Crippen molar-refractivity contribution in [1.29, 1.82) is 5.26 Å². The average Bonchev–Trinajstić information content (AvgIpc) is 2.78. The number of halogens is 1. The number of nitrogens with zero attached hydrogens (tertiary/aromatic N) is 3. The second kappa shape index (κ2) is 11.3. The summed E-state index contributed by atoms with van der Waals surface area (Å²) in [4.78, 5) is 21.1. The van der Waals surface area contributed by atoms with Crippen LogP contribution in [0.2, 0.25) is 5.15 Å². The standard InChI is InChI=1S/C24H31ClN6O4/c1-24(2,3)35-23(32)29-19-9-7-6-8-18(19)28-22-30-20(25)17(13-26)21(31-22)27-14-10-15(33-4)12-16(11-14)34-5/h10-12,18-19H,6-9H2,1-5H3,(H,29,32)(H2,27,28,30,31)/t18-,19+/m0/s1. The van der Waals surface area contributed by atoms with Crippen LogP contribution in [0.3, 0.4) is 0 Å². The lowest BCUT2D eigenvalue weighted by Crippen LogP contribution is -2.50. The van der Waals surface area contributed by atoms with E-state index in [4.69, 9.17) is 25.8 Å². The van der Waals surface area contributed by atoms with Crippen LogP contribution in [0.15, 0.2) is 18.2 Å². The van der Waals surface area contributed by atoms with Gasteiger partial charge in [-0.3, -0.25) is 0 Å². The lowest BCUT2D eigenvalue weighted by molar-refractivity contribution is 0.0488. The molecule has 0 aliphatic heterocycles. The molecule has 2 aromatic rings. The molecule has 11 heteroatoms. The van der Waals surface area contributed by atoms with E-state index in [1.54, 1.807) is 32.4 Å². The Morgan fingerprint density at radius 1 is 1.09 bits per heavy atom. The molecule has 1 fully saturated rings. The first-order chi connectivity index (χ1) is 16.6. The largest absolute Gasteiger partial charge is 0.497 e. The maximum Gasteiger partial charge on any atom is 0.407 e. The molecule has 2 atom stereocenters. The molecule has 3 rings (SSSR count). The molecule has 1 aromatic carbocycles. The number of nitriles is 1. The Labute approximate surface area is 210 Å². The Morgan fingerprint density at radius 3 is 2.29 bits per heavy atom. The fraction of sp³-hybridized carbons (Fsp3) is 0.500. The van der Waals surface area contributed by atoms with Crippen molar-refractivity contribution in [1.82, 2.24) is 15.3 Å². The van der Waals surface area contributed by atoms with Crippen LogP contribution in [0, 0.1) is 11.3 Å². The monoisotopic (exact) mass is 502 g/mol. The molecule has 0 radical (unpaired) electrons. The molecule has 1 amide bonds. The van der Waals surface area contributed by atoms with E-state index < -0.39 is 11.7 Å². The summed E-state index contributed by atoms with van der Waals surface area (Å²) in [5.41, 5.74) is 0.112. The summed E-state index contributed by atoms with van der Waals surface area (Å²) in [6.45, 7) is 5.46. The highest BCUT2D eigenvalue weighted by atomic mass is 35.5. The third kappa shape index (κ3) is 7.26. The van der Waals surface area contributed by atoms with Crippen molar-refractivity contribution in [3.63, 3.8) is 0 Å². The Kier molecular flexibility index (Phi) is 8.46. The molecule has 10 nitrogen and oxygen atoms in total. The number of methoxy groups -OCH3 is 2. The minimum absolute atomic E-state index is 0.00909. The van der Waals surface area contributed by atoms with E-state index in [0.29, 0.717) is 17.2 Å². The minimum atomic E-state index is -0.588. The molecular formula is C24H31ClN6O4. The van der Waals surface area contributed by atoms with Crippen LogP contribution in [0.5, 0.6) is 11.5 Å². The first kappa shape index (κ1) is 26.2. The number of nitrogens with one attached hydrogen (secondary N) is 3. The molecule has 188 valence electrons. The van der Waals surface area contributed by atoms with Gasteiger partial charge in [0.05, 0.1) is 20.3 Å². The fourth-order valence-electron chi connectivity index (χ4n) is 3.80. The predicted octanol–water partition coefficient (Wildman–Crippen LogP) is 5.01. The maximum absolute atomic E-state index is 12.3. The number of rotatable bonds is 7. The zero-order chi connectivity index (χ0) is 25.6. The highest BCUT2D eigenvalue weighted by Crippen LogP contribution is 2.31. The van der Waals surface area contributed by atoms with Gasteiger partial charge in [-0.15, -0.1) is 0 Å². The Bertz CT molecular complexity index is 1080. The molecule has 0 saturated heterocycles. The molecule has 1 heterocycles. The van der Waals surface area contributed by atoms with Crippen molar-refractivity contribution < 1.29 is 19.0 Å². The molecule has 0 bridgehead atoms. The number of hydrogen-bond donors (Lipinski definition) is 3. The number of benzene rings is 1. The van der Waals surface area contributed by atoms with Crippen LogP contribution in [0.4, 0.5) is 22.2 Å². The second-order valence-electron chi connectivity index (χ2n) is 9.19. The lowest BCUT2D eigenvalue weighted by atomic mass is 9.90. The van der Waals surface area contributed by atoms with Gasteiger partial charge in [-0.05, 0) is 33.6 Å². The third-order valence-electron chi connectivity index (χ3n) is 5.37. The SMILES string of the molecule is COc1cc(Nc2nc(N[C@H]3CCCC[C@H]3NC(=O)OC(C)(C)C)nc(Cl)c2C#N)cc(OC)c1. The molecule has 1 aliphatic rings. The van der Waals surface area contributed by atoms with Gasteiger partial charge in [0.2, 0.25) is 5.95 Å². The van der Waals surface area contributed by atoms with Crippen molar-refractivity contribution in [2.75, 3.05) is 24.9 Å². The van der Waals surface area contributed by atoms with Crippen molar-refractivity contribution in [3.05, 3.63) is 28.9 Å². The molecule has 35 heavy (non-hydrogen) atoms. The summed E-state index contributed by atoms with van der Waals surface area (Å²) < 4.78 is 16.0. The van der Waals surface area contributed by atoms with E-state index in [1.807, 2.05) is 26.8 Å². The van der Waals surface area contributed by atoms with E-state index in [0.717, 1.165) is 25.7 Å². The van der Waals surface area contributed by atoms with Crippen molar-refractivity contribution in [2.45, 2.75) is 64.1 Å². The summed E-state index contributed by atoms with van der Waals surface area (Å²) in [5.74, 6) is 1.62. The highest BCUT2D eigenvalue weighted by molar-refractivity contribution is 6.31. The number of ether oxygens (including phenoxy) is 3. The first-order valence-electron chi connectivity index (χ1n) is 11.4. The van der Waals surface area contributed by atoms with Crippen LogP contribution >= 0.6 is 11.6 Å². The predicted molar refractivity (Wildman–Crippen MR) is 134 cm³/mol. The van der Waals surface area contributed by atoms with Gasteiger partial charge in [-0.1, -0.05) is 24.4 Å². The summed E-state index contributed by atoms with van der Waals surface area (Å²) in [6.07, 6.45) is 3.10. The normalized spacial score (nSPS) is 17.6. The number of carbonyl (C=O) groups excluding carboxylic acids is 1. The van der Waals surface area contributed by atoms with Gasteiger partial charge in [-0.2, -0.15) is 15.2 Å². The number of hydrogen-bond acceptors (Lipinski definition) is 9. The zero-order valence-electron chi connectivity index (χ0n) is 20.6. The topological polar surface area (TPSA) is 130 Å². The quantitative estimate of drug-likeness (QED) is 0.447. The van der Waals surface area contributed by atoms with Crippen LogP contribution in [-0.2, 0) is 4.74 Å². The highest BCUT2D eigenvalue weighted by Gasteiger charge is 2.29. The molecule has 1 saturated carbocycles. The van der Waals surface area contributed by atoms with Gasteiger partial charge in [0.15, 0.2) is 11.0 Å². The Hall–Kier alpha value is -3.45. The molecule has 3 N–H and O–H groups in total. The first-order valence-corrected chi connectivity index (χ1v) is 11.7. The summed E-state index contributed by atoms with van der Waals surface area (Å²) >= 11 is 6.34. The van der Waals surface area contributed by atoms with Gasteiger partial charge in [0.1, 0.15) is 28.7 Å². The van der Waals surface area contributed by atoms with E-state index in [2.05, 4.69) is 25.9 Å².